The molecule has 0 radical (unpaired) electrons. The van der Waals surface area contributed by atoms with Gasteiger partial charge in [0.25, 0.3) is 0 Å². The first-order chi connectivity index (χ1) is 12.7. The van der Waals surface area contributed by atoms with Gasteiger partial charge in [0, 0.05) is 25.7 Å². The number of anilines is 2. The van der Waals surface area contributed by atoms with E-state index in [0.717, 1.165) is 38.3 Å². The van der Waals surface area contributed by atoms with Crippen molar-refractivity contribution < 1.29 is 4.74 Å². The van der Waals surface area contributed by atoms with Crippen LogP contribution in [0, 0.1) is 0 Å². The SMILES string of the molecule is COc1cc(N2CCCC2)nc(NC(=S)NCCCc2ccccc2)n1. The number of benzene rings is 1. The van der Waals surface area contributed by atoms with Crippen LogP contribution in [0.3, 0.4) is 0 Å². The molecule has 1 aromatic heterocycles. The molecule has 0 saturated carbocycles. The second-order valence-corrected chi connectivity index (χ2v) is 6.66. The molecular weight excluding hydrogens is 346 g/mol. The molecule has 1 aromatic carbocycles. The molecule has 0 aliphatic carbocycles. The van der Waals surface area contributed by atoms with E-state index in [2.05, 4.69) is 49.8 Å². The number of hydrogen-bond donors (Lipinski definition) is 2. The maximum Gasteiger partial charge on any atom is 0.234 e. The lowest BCUT2D eigenvalue weighted by molar-refractivity contribution is 0.397. The summed E-state index contributed by atoms with van der Waals surface area (Å²) in [5.74, 6) is 1.88. The molecule has 0 amide bonds. The average Bonchev–Trinajstić information content (AvgIpc) is 3.20. The third-order valence-corrected chi connectivity index (χ3v) is 4.57. The van der Waals surface area contributed by atoms with E-state index in [4.69, 9.17) is 17.0 Å². The van der Waals surface area contributed by atoms with Crippen LogP contribution < -0.4 is 20.3 Å². The van der Waals surface area contributed by atoms with Crippen molar-refractivity contribution in [1.82, 2.24) is 15.3 Å². The van der Waals surface area contributed by atoms with Crippen LogP contribution >= 0.6 is 12.2 Å². The maximum atomic E-state index is 5.37. The highest BCUT2D eigenvalue weighted by Crippen LogP contribution is 2.23. The Hall–Kier alpha value is -2.41. The fraction of sp³-hybridized carbons (Fsp3) is 0.421. The van der Waals surface area contributed by atoms with Gasteiger partial charge < -0.3 is 20.3 Å². The Morgan fingerprint density at radius 3 is 2.69 bits per heavy atom. The molecular formula is C19H25N5OS. The summed E-state index contributed by atoms with van der Waals surface area (Å²) in [5.41, 5.74) is 1.33. The van der Waals surface area contributed by atoms with Crippen molar-refractivity contribution in [3.63, 3.8) is 0 Å². The van der Waals surface area contributed by atoms with Crippen LogP contribution in [0.4, 0.5) is 11.8 Å². The lowest BCUT2D eigenvalue weighted by Crippen LogP contribution is -2.30. The molecule has 3 rings (SSSR count). The summed E-state index contributed by atoms with van der Waals surface area (Å²) >= 11 is 5.37. The van der Waals surface area contributed by atoms with E-state index in [-0.39, 0.29) is 0 Å². The number of aryl methyl sites for hydroxylation is 1. The van der Waals surface area contributed by atoms with E-state index in [0.29, 0.717) is 16.9 Å². The number of ether oxygens (including phenoxy) is 1. The van der Waals surface area contributed by atoms with Crippen LogP contribution in [0.2, 0.25) is 0 Å². The molecule has 1 aliphatic heterocycles. The van der Waals surface area contributed by atoms with Gasteiger partial charge in [0.15, 0.2) is 5.11 Å². The van der Waals surface area contributed by atoms with Gasteiger partial charge in [-0.15, -0.1) is 0 Å². The first-order valence-electron chi connectivity index (χ1n) is 9.01. The van der Waals surface area contributed by atoms with E-state index in [1.165, 1.54) is 18.4 Å². The average molecular weight is 372 g/mol. The number of nitrogens with one attached hydrogen (secondary N) is 2. The quantitative estimate of drug-likeness (QED) is 0.573. The van der Waals surface area contributed by atoms with Crippen LogP contribution in [0.25, 0.3) is 0 Å². The van der Waals surface area contributed by atoms with Crippen molar-refractivity contribution >= 4 is 29.1 Å². The smallest absolute Gasteiger partial charge is 0.234 e. The number of methoxy groups -OCH3 is 1. The maximum absolute atomic E-state index is 5.37. The van der Waals surface area contributed by atoms with Crippen molar-refractivity contribution in [1.29, 1.82) is 0 Å². The fourth-order valence-electron chi connectivity index (χ4n) is 2.97. The number of hydrogen-bond acceptors (Lipinski definition) is 5. The first-order valence-corrected chi connectivity index (χ1v) is 9.42. The second-order valence-electron chi connectivity index (χ2n) is 6.26. The Balaban J connectivity index is 1.50. The second kappa shape index (κ2) is 9.33. The zero-order valence-corrected chi connectivity index (χ0v) is 15.9. The molecule has 6 nitrogen and oxygen atoms in total. The number of thiocarbonyl (C=S) groups is 1. The zero-order valence-electron chi connectivity index (χ0n) is 15.1. The Morgan fingerprint density at radius 2 is 1.96 bits per heavy atom. The summed E-state index contributed by atoms with van der Waals surface area (Å²) in [6, 6.07) is 12.3. The molecule has 138 valence electrons. The van der Waals surface area contributed by atoms with Crippen LogP contribution in [-0.4, -0.2) is 41.8 Å². The Labute approximate surface area is 160 Å². The predicted octanol–water partition coefficient (Wildman–Crippen LogP) is 3.00. The zero-order chi connectivity index (χ0) is 18.2. The molecule has 1 saturated heterocycles. The van der Waals surface area contributed by atoms with Crippen LogP contribution in [-0.2, 0) is 6.42 Å². The molecule has 26 heavy (non-hydrogen) atoms. The summed E-state index contributed by atoms with van der Waals surface area (Å²) in [5, 5.41) is 6.81. The summed E-state index contributed by atoms with van der Waals surface area (Å²) in [6.45, 7) is 2.83. The Morgan fingerprint density at radius 1 is 1.19 bits per heavy atom. The van der Waals surface area contributed by atoms with E-state index in [1.54, 1.807) is 7.11 Å². The summed E-state index contributed by atoms with van der Waals surface area (Å²) in [4.78, 5) is 11.2. The lowest BCUT2D eigenvalue weighted by Gasteiger charge is -2.18. The summed E-state index contributed by atoms with van der Waals surface area (Å²) < 4.78 is 5.30. The van der Waals surface area contributed by atoms with Crippen LogP contribution in [0.15, 0.2) is 36.4 Å². The van der Waals surface area contributed by atoms with Gasteiger partial charge in [0.2, 0.25) is 11.8 Å². The van der Waals surface area contributed by atoms with Gasteiger partial charge in [-0.05, 0) is 43.5 Å². The van der Waals surface area contributed by atoms with E-state index < -0.39 is 0 Å². The predicted molar refractivity (Wildman–Crippen MR) is 109 cm³/mol. The third-order valence-electron chi connectivity index (χ3n) is 4.32. The van der Waals surface area contributed by atoms with Crippen molar-refractivity contribution in [3.05, 3.63) is 42.0 Å². The van der Waals surface area contributed by atoms with Gasteiger partial charge in [-0.3, -0.25) is 0 Å². The van der Waals surface area contributed by atoms with Gasteiger partial charge in [-0.2, -0.15) is 9.97 Å². The van der Waals surface area contributed by atoms with Gasteiger partial charge in [-0.25, -0.2) is 0 Å². The highest BCUT2D eigenvalue weighted by molar-refractivity contribution is 7.80. The number of rotatable bonds is 7. The molecule has 7 heteroatoms. The minimum atomic E-state index is 0.465. The minimum absolute atomic E-state index is 0.465. The summed E-state index contributed by atoms with van der Waals surface area (Å²) in [7, 11) is 1.61. The van der Waals surface area contributed by atoms with E-state index in [1.807, 2.05) is 12.1 Å². The molecule has 2 N–H and O–H groups in total. The van der Waals surface area contributed by atoms with Crippen LogP contribution in [0.5, 0.6) is 5.88 Å². The molecule has 0 spiro atoms. The molecule has 0 unspecified atom stereocenters. The third kappa shape index (κ3) is 5.29. The van der Waals surface area contributed by atoms with E-state index >= 15 is 0 Å². The standard InChI is InChI=1S/C19H25N5OS/c1-25-17-14-16(24-12-5-6-13-24)21-18(22-17)23-19(26)20-11-7-10-15-8-3-2-4-9-15/h2-4,8-9,14H,5-7,10-13H2,1H3,(H2,20,21,22,23,26). The Kier molecular flexibility index (Phi) is 6.60. The van der Waals surface area contributed by atoms with Crippen molar-refractivity contribution in [2.24, 2.45) is 0 Å². The van der Waals surface area contributed by atoms with Gasteiger partial charge in [-0.1, -0.05) is 30.3 Å². The minimum Gasteiger partial charge on any atom is -0.481 e. The molecule has 0 atom stereocenters. The number of nitrogens with zero attached hydrogens (tertiary/aromatic N) is 3. The Bertz CT molecular complexity index is 719. The van der Waals surface area contributed by atoms with Crippen molar-refractivity contribution in [3.8, 4) is 5.88 Å². The van der Waals surface area contributed by atoms with Gasteiger partial charge in [0.05, 0.1) is 7.11 Å². The van der Waals surface area contributed by atoms with Crippen molar-refractivity contribution in [2.75, 3.05) is 37.0 Å². The molecule has 1 aliphatic rings. The topological polar surface area (TPSA) is 62.3 Å². The molecule has 2 heterocycles. The van der Waals surface area contributed by atoms with Gasteiger partial charge >= 0.3 is 0 Å². The van der Waals surface area contributed by atoms with Crippen LogP contribution in [0.1, 0.15) is 24.8 Å². The molecule has 1 fully saturated rings. The lowest BCUT2D eigenvalue weighted by atomic mass is 10.1. The normalized spacial score (nSPS) is 13.5. The molecule has 2 aromatic rings. The molecule has 0 bridgehead atoms. The monoisotopic (exact) mass is 371 g/mol. The summed E-state index contributed by atoms with van der Waals surface area (Å²) in [6.07, 6.45) is 4.40. The first kappa shape index (κ1) is 18.4. The highest BCUT2D eigenvalue weighted by Gasteiger charge is 2.16. The van der Waals surface area contributed by atoms with Crippen molar-refractivity contribution in [2.45, 2.75) is 25.7 Å². The van der Waals surface area contributed by atoms with Gasteiger partial charge in [0.1, 0.15) is 5.82 Å². The largest absolute Gasteiger partial charge is 0.481 e. The fourth-order valence-corrected chi connectivity index (χ4v) is 3.16. The number of aromatic nitrogens is 2. The highest BCUT2D eigenvalue weighted by atomic mass is 32.1. The van der Waals surface area contributed by atoms with E-state index in [9.17, 15) is 0 Å².